The zero-order valence-corrected chi connectivity index (χ0v) is 7.29. The summed E-state index contributed by atoms with van der Waals surface area (Å²) in [5.74, 6) is 0. The van der Waals surface area contributed by atoms with Crippen molar-refractivity contribution in [2.45, 2.75) is 12.8 Å². The maximum atomic E-state index is 5.30. The zero-order valence-electron chi connectivity index (χ0n) is 7.29. The van der Waals surface area contributed by atoms with Gasteiger partial charge in [0.05, 0.1) is 0 Å². The smallest absolute Gasteiger partial charge is 0.0428 e. The van der Waals surface area contributed by atoms with Crippen LogP contribution in [0.15, 0.2) is 30.3 Å². The highest BCUT2D eigenvalue weighted by Crippen LogP contribution is 2.00. The van der Waals surface area contributed by atoms with Gasteiger partial charge in [-0.1, -0.05) is 30.3 Å². The van der Waals surface area contributed by atoms with Crippen LogP contribution in [0.1, 0.15) is 12.0 Å². The maximum Gasteiger partial charge on any atom is 0.0428 e. The molecule has 0 aliphatic carbocycles. The van der Waals surface area contributed by atoms with Gasteiger partial charge in [-0.25, -0.2) is 0 Å². The second kappa shape index (κ2) is 5.75. The van der Waals surface area contributed by atoms with E-state index in [0.29, 0.717) is 6.67 Å². The Bertz CT molecular complexity index is 196. The van der Waals surface area contributed by atoms with Crippen LogP contribution in [0.5, 0.6) is 0 Å². The second-order valence-corrected chi connectivity index (χ2v) is 2.79. The van der Waals surface area contributed by atoms with Crippen LogP contribution in [-0.2, 0) is 6.42 Å². The molecule has 0 fully saturated rings. The Morgan fingerprint density at radius 3 is 2.58 bits per heavy atom. The monoisotopic (exact) mass is 164 g/mol. The van der Waals surface area contributed by atoms with E-state index in [1.165, 1.54) is 5.56 Å². The predicted molar refractivity (Wildman–Crippen MR) is 51.8 cm³/mol. The molecule has 0 aliphatic rings. The number of hydrogen-bond acceptors (Lipinski definition) is 2. The van der Waals surface area contributed by atoms with Gasteiger partial charge in [-0.2, -0.15) is 0 Å². The molecule has 0 spiro atoms. The summed E-state index contributed by atoms with van der Waals surface area (Å²) in [7, 11) is 0. The van der Waals surface area contributed by atoms with E-state index in [1.807, 2.05) is 6.07 Å². The molecule has 0 bridgehead atoms. The van der Waals surface area contributed by atoms with E-state index >= 15 is 0 Å². The minimum Gasteiger partial charge on any atom is -0.318 e. The van der Waals surface area contributed by atoms with E-state index in [2.05, 4.69) is 29.6 Å². The predicted octanol–water partition coefficient (Wildman–Crippen LogP) is 1.12. The molecule has 0 unspecified atom stereocenters. The number of aryl methyl sites for hydroxylation is 1. The second-order valence-electron chi connectivity index (χ2n) is 2.79. The van der Waals surface area contributed by atoms with E-state index in [-0.39, 0.29) is 0 Å². The molecule has 2 nitrogen and oxygen atoms in total. The zero-order chi connectivity index (χ0) is 8.65. The van der Waals surface area contributed by atoms with Crippen LogP contribution in [0.3, 0.4) is 0 Å². The van der Waals surface area contributed by atoms with Gasteiger partial charge in [0.2, 0.25) is 0 Å². The topological polar surface area (TPSA) is 38.0 Å². The van der Waals surface area contributed by atoms with Crippen molar-refractivity contribution in [3.63, 3.8) is 0 Å². The molecule has 12 heavy (non-hydrogen) atoms. The van der Waals surface area contributed by atoms with Crippen molar-refractivity contribution in [2.75, 3.05) is 13.2 Å². The van der Waals surface area contributed by atoms with Crippen LogP contribution in [-0.4, -0.2) is 13.2 Å². The van der Waals surface area contributed by atoms with Gasteiger partial charge < -0.3 is 11.1 Å². The number of nitrogens with two attached hydrogens (primary N) is 1. The number of benzene rings is 1. The van der Waals surface area contributed by atoms with Crippen molar-refractivity contribution in [1.29, 1.82) is 0 Å². The minimum atomic E-state index is 0.578. The van der Waals surface area contributed by atoms with Crippen LogP contribution >= 0.6 is 0 Å². The number of rotatable bonds is 5. The first-order valence-corrected chi connectivity index (χ1v) is 4.38. The largest absolute Gasteiger partial charge is 0.318 e. The molecular weight excluding hydrogens is 148 g/mol. The highest BCUT2D eigenvalue weighted by atomic mass is 14.9. The van der Waals surface area contributed by atoms with E-state index in [1.54, 1.807) is 0 Å². The Balaban J connectivity index is 2.16. The summed E-state index contributed by atoms with van der Waals surface area (Å²) in [4.78, 5) is 0. The molecule has 3 N–H and O–H groups in total. The average molecular weight is 164 g/mol. The van der Waals surface area contributed by atoms with Gasteiger partial charge in [-0.05, 0) is 24.9 Å². The van der Waals surface area contributed by atoms with Crippen molar-refractivity contribution in [2.24, 2.45) is 5.73 Å². The Hall–Kier alpha value is -0.860. The third kappa shape index (κ3) is 3.51. The van der Waals surface area contributed by atoms with Gasteiger partial charge in [0.15, 0.2) is 0 Å². The molecular formula is C10H16N2. The van der Waals surface area contributed by atoms with Crippen LogP contribution in [0.2, 0.25) is 0 Å². The first kappa shape index (κ1) is 9.23. The first-order valence-electron chi connectivity index (χ1n) is 4.38. The molecule has 0 aromatic heterocycles. The summed E-state index contributed by atoms with van der Waals surface area (Å²) < 4.78 is 0. The molecule has 1 aromatic rings. The summed E-state index contributed by atoms with van der Waals surface area (Å²) >= 11 is 0. The quantitative estimate of drug-likeness (QED) is 0.505. The summed E-state index contributed by atoms with van der Waals surface area (Å²) in [6.45, 7) is 1.58. The highest BCUT2D eigenvalue weighted by molar-refractivity contribution is 5.14. The Labute approximate surface area is 73.8 Å². The lowest BCUT2D eigenvalue weighted by molar-refractivity contribution is 0.661. The molecule has 0 saturated carbocycles. The summed E-state index contributed by atoms with van der Waals surface area (Å²) in [6, 6.07) is 10.5. The van der Waals surface area contributed by atoms with Crippen molar-refractivity contribution < 1.29 is 0 Å². The fourth-order valence-corrected chi connectivity index (χ4v) is 1.16. The van der Waals surface area contributed by atoms with Gasteiger partial charge in [-0.15, -0.1) is 0 Å². The summed E-state index contributed by atoms with van der Waals surface area (Å²) in [6.07, 6.45) is 2.29. The average Bonchev–Trinajstić information content (AvgIpc) is 2.14. The lowest BCUT2D eigenvalue weighted by Crippen LogP contribution is -2.23. The number of hydrogen-bond donors (Lipinski definition) is 2. The Morgan fingerprint density at radius 2 is 1.92 bits per heavy atom. The van der Waals surface area contributed by atoms with Crippen molar-refractivity contribution in [3.8, 4) is 0 Å². The minimum absolute atomic E-state index is 0.578. The maximum absolute atomic E-state index is 5.30. The molecule has 0 heterocycles. The molecule has 0 amide bonds. The van der Waals surface area contributed by atoms with Crippen molar-refractivity contribution in [3.05, 3.63) is 35.9 Å². The number of nitrogens with one attached hydrogen (secondary N) is 1. The molecule has 1 aromatic carbocycles. The lowest BCUT2D eigenvalue weighted by Gasteiger charge is -2.01. The molecule has 1 rings (SSSR count). The molecule has 2 heteroatoms. The van der Waals surface area contributed by atoms with Gasteiger partial charge in [0, 0.05) is 6.67 Å². The fraction of sp³-hybridized carbons (Fsp3) is 0.400. The van der Waals surface area contributed by atoms with Gasteiger partial charge in [-0.3, -0.25) is 0 Å². The molecule has 0 aliphatic heterocycles. The van der Waals surface area contributed by atoms with Crippen LogP contribution in [0, 0.1) is 0 Å². The summed E-state index contributed by atoms with van der Waals surface area (Å²) in [5.41, 5.74) is 6.70. The highest BCUT2D eigenvalue weighted by Gasteiger charge is 1.89. The molecule has 0 radical (unpaired) electrons. The summed E-state index contributed by atoms with van der Waals surface area (Å²) in [5, 5.41) is 3.10. The van der Waals surface area contributed by atoms with E-state index < -0.39 is 0 Å². The third-order valence-electron chi connectivity index (χ3n) is 1.81. The van der Waals surface area contributed by atoms with Crippen molar-refractivity contribution >= 4 is 0 Å². The third-order valence-corrected chi connectivity index (χ3v) is 1.81. The first-order chi connectivity index (χ1) is 5.93. The molecule has 0 saturated heterocycles. The van der Waals surface area contributed by atoms with E-state index in [4.69, 9.17) is 5.73 Å². The standard InChI is InChI=1S/C10H16N2/c11-9-12-8-4-7-10-5-2-1-3-6-10/h1-3,5-6,12H,4,7-9,11H2. The van der Waals surface area contributed by atoms with Crippen molar-refractivity contribution in [1.82, 2.24) is 5.32 Å². The molecule has 66 valence electrons. The Morgan fingerprint density at radius 1 is 1.17 bits per heavy atom. The normalized spacial score (nSPS) is 10.1. The van der Waals surface area contributed by atoms with E-state index in [9.17, 15) is 0 Å². The Kier molecular flexibility index (Phi) is 4.42. The van der Waals surface area contributed by atoms with Gasteiger partial charge in [0.1, 0.15) is 0 Å². The fourth-order valence-electron chi connectivity index (χ4n) is 1.16. The lowest BCUT2D eigenvalue weighted by atomic mass is 10.1. The van der Waals surface area contributed by atoms with Crippen LogP contribution in [0.4, 0.5) is 0 Å². The van der Waals surface area contributed by atoms with E-state index in [0.717, 1.165) is 19.4 Å². The SMILES string of the molecule is NCNCCCc1ccccc1. The van der Waals surface area contributed by atoms with Crippen LogP contribution < -0.4 is 11.1 Å². The van der Waals surface area contributed by atoms with Gasteiger partial charge >= 0.3 is 0 Å². The van der Waals surface area contributed by atoms with Crippen LogP contribution in [0.25, 0.3) is 0 Å². The molecule has 0 atom stereocenters. The van der Waals surface area contributed by atoms with Gasteiger partial charge in [0.25, 0.3) is 0 Å².